The van der Waals surface area contributed by atoms with Gasteiger partial charge in [0, 0.05) is 29.6 Å². The van der Waals surface area contributed by atoms with Gasteiger partial charge in [-0.25, -0.2) is 14.5 Å². The van der Waals surface area contributed by atoms with Gasteiger partial charge >= 0.3 is 0 Å². The SMILES string of the molecule is Cc1cccc(-c2nc3c4c5c(sc4ncn3n2)CN(C(C)C)CC5)c1. The smallest absolute Gasteiger partial charge is 0.182 e. The lowest BCUT2D eigenvalue weighted by atomic mass is 10.0. The van der Waals surface area contributed by atoms with Crippen LogP contribution >= 0.6 is 11.3 Å². The zero-order chi connectivity index (χ0) is 17.8. The summed E-state index contributed by atoms with van der Waals surface area (Å²) in [6.07, 6.45) is 2.85. The van der Waals surface area contributed by atoms with E-state index in [1.807, 2.05) is 15.9 Å². The molecule has 0 spiro atoms. The van der Waals surface area contributed by atoms with Crippen LogP contribution in [0.3, 0.4) is 0 Å². The van der Waals surface area contributed by atoms with E-state index in [4.69, 9.17) is 4.98 Å². The van der Waals surface area contributed by atoms with Gasteiger partial charge in [0.2, 0.25) is 0 Å². The van der Waals surface area contributed by atoms with Gasteiger partial charge in [0.1, 0.15) is 11.2 Å². The molecule has 5 rings (SSSR count). The molecule has 3 aromatic heterocycles. The van der Waals surface area contributed by atoms with Crippen LogP contribution in [0.5, 0.6) is 0 Å². The second kappa shape index (κ2) is 5.86. The molecular formula is C20H21N5S. The first-order valence-corrected chi connectivity index (χ1v) is 9.88. The first kappa shape index (κ1) is 15.9. The van der Waals surface area contributed by atoms with Crippen LogP contribution in [0.4, 0.5) is 0 Å². The van der Waals surface area contributed by atoms with E-state index < -0.39 is 0 Å². The monoisotopic (exact) mass is 363 g/mol. The molecule has 0 N–H and O–H groups in total. The number of thiophene rings is 1. The third-order valence-corrected chi connectivity index (χ3v) is 6.34. The van der Waals surface area contributed by atoms with E-state index in [1.54, 1.807) is 6.33 Å². The largest absolute Gasteiger partial charge is 0.296 e. The number of benzene rings is 1. The number of aromatic nitrogens is 4. The van der Waals surface area contributed by atoms with Crippen LogP contribution in [0.1, 0.15) is 29.9 Å². The van der Waals surface area contributed by atoms with Gasteiger partial charge in [0.25, 0.3) is 0 Å². The lowest BCUT2D eigenvalue weighted by Gasteiger charge is -2.30. The fourth-order valence-electron chi connectivity index (χ4n) is 3.76. The van der Waals surface area contributed by atoms with Crippen molar-refractivity contribution in [3.63, 3.8) is 0 Å². The van der Waals surface area contributed by atoms with Crippen LogP contribution < -0.4 is 0 Å². The molecule has 0 fully saturated rings. The molecule has 1 aliphatic heterocycles. The van der Waals surface area contributed by atoms with Crippen LogP contribution in [0.15, 0.2) is 30.6 Å². The van der Waals surface area contributed by atoms with E-state index in [9.17, 15) is 0 Å². The standard InChI is InChI=1S/C20H21N5S/c1-12(2)24-8-7-15-16(10-24)26-20-17(15)19-22-18(23-25(19)11-21-20)14-6-4-5-13(3)9-14/h4-6,9,11-12H,7-8,10H2,1-3H3. The van der Waals surface area contributed by atoms with E-state index in [-0.39, 0.29) is 0 Å². The molecule has 4 heterocycles. The van der Waals surface area contributed by atoms with E-state index in [1.165, 1.54) is 21.4 Å². The van der Waals surface area contributed by atoms with Crippen LogP contribution in [-0.4, -0.2) is 37.1 Å². The average Bonchev–Trinajstić information content (AvgIpc) is 3.21. The molecule has 0 radical (unpaired) electrons. The number of hydrogen-bond donors (Lipinski definition) is 0. The molecule has 132 valence electrons. The minimum Gasteiger partial charge on any atom is -0.296 e. The van der Waals surface area contributed by atoms with Crippen molar-refractivity contribution in [1.29, 1.82) is 0 Å². The predicted octanol–water partition coefficient (Wildman–Crippen LogP) is 4.08. The Balaban J connectivity index is 1.68. The summed E-state index contributed by atoms with van der Waals surface area (Å²) in [6.45, 7) is 8.73. The van der Waals surface area contributed by atoms with Gasteiger partial charge in [-0.3, -0.25) is 4.90 Å². The zero-order valence-electron chi connectivity index (χ0n) is 15.2. The highest BCUT2D eigenvalue weighted by atomic mass is 32.1. The minimum absolute atomic E-state index is 0.572. The Morgan fingerprint density at radius 3 is 2.92 bits per heavy atom. The molecule has 26 heavy (non-hydrogen) atoms. The van der Waals surface area contributed by atoms with Gasteiger partial charge in [-0.15, -0.1) is 16.4 Å². The van der Waals surface area contributed by atoms with Crippen molar-refractivity contribution in [3.05, 3.63) is 46.6 Å². The first-order valence-electron chi connectivity index (χ1n) is 9.07. The molecule has 0 saturated carbocycles. The lowest BCUT2D eigenvalue weighted by Crippen LogP contribution is -2.35. The summed E-state index contributed by atoms with van der Waals surface area (Å²) in [6, 6.07) is 8.91. The topological polar surface area (TPSA) is 46.3 Å². The van der Waals surface area contributed by atoms with Gasteiger partial charge in [-0.05, 0) is 38.8 Å². The third-order valence-electron chi connectivity index (χ3n) is 5.21. The van der Waals surface area contributed by atoms with Crippen molar-refractivity contribution in [2.24, 2.45) is 0 Å². The van der Waals surface area contributed by atoms with Gasteiger partial charge in [0.15, 0.2) is 11.5 Å². The fraction of sp³-hybridized carbons (Fsp3) is 0.350. The molecule has 0 aliphatic carbocycles. The average molecular weight is 363 g/mol. The van der Waals surface area contributed by atoms with Crippen molar-refractivity contribution >= 4 is 27.2 Å². The second-order valence-electron chi connectivity index (χ2n) is 7.32. The number of fused-ring (bicyclic) bond motifs is 5. The third kappa shape index (κ3) is 2.44. The van der Waals surface area contributed by atoms with Gasteiger partial charge in [-0.1, -0.05) is 23.8 Å². The molecule has 0 unspecified atom stereocenters. The van der Waals surface area contributed by atoms with Crippen molar-refractivity contribution in [3.8, 4) is 11.4 Å². The van der Waals surface area contributed by atoms with Crippen molar-refractivity contribution in [2.75, 3.05) is 6.54 Å². The van der Waals surface area contributed by atoms with E-state index in [0.717, 1.165) is 41.4 Å². The molecule has 1 aromatic carbocycles. The molecule has 6 heteroatoms. The summed E-state index contributed by atoms with van der Waals surface area (Å²) in [5.74, 6) is 0.766. The molecule has 4 aromatic rings. The van der Waals surface area contributed by atoms with Crippen molar-refractivity contribution in [1.82, 2.24) is 24.5 Å². The van der Waals surface area contributed by atoms with Crippen molar-refractivity contribution in [2.45, 2.75) is 39.8 Å². The number of nitrogens with zero attached hydrogens (tertiary/aromatic N) is 5. The molecule has 1 aliphatic rings. The number of aryl methyl sites for hydroxylation is 1. The van der Waals surface area contributed by atoms with Crippen LogP contribution in [0.25, 0.3) is 27.3 Å². The summed E-state index contributed by atoms with van der Waals surface area (Å²) >= 11 is 1.81. The highest BCUT2D eigenvalue weighted by molar-refractivity contribution is 7.19. The lowest BCUT2D eigenvalue weighted by molar-refractivity contribution is 0.206. The Bertz CT molecular complexity index is 1120. The zero-order valence-corrected chi connectivity index (χ0v) is 16.0. The van der Waals surface area contributed by atoms with Crippen molar-refractivity contribution < 1.29 is 0 Å². The summed E-state index contributed by atoms with van der Waals surface area (Å²) in [5.41, 5.74) is 4.62. The molecule has 5 nitrogen and oxygen atoms in total. The Labute approximate surface area is 156 Å². The quantitative estimate of drug-likeness (QED) is 0.538. The van der Waals surface area contributed by atoms with Gasteiger partial charge in [0.05, 0.1) is 5.39 Å². The van der Waals surface area contributed by atoms with E-state index in [2.05, 4.69) is 60.0 Å². The van der Waals surface area contributed by atoms with Gasteiger partial charge < -0.3 is 0 Å². The summed E-state index contributed by atoms with van der Waals surface area (Å²) in [7, 11) is 0. The van der Waals surface area contributed by atoms with E-state index in [0.29, 0.717) is 6.04 Å². The maximum atomic E-state index is 4.89. The van der Waals surface area contributed by atoms with Crippen LogP contribution in [-0.2, 0) is 13.0 Å². The molecule has 0 amide bonds. The minimum atomic E-state index is 0.572. The van der Waals surface area contributed by atoms with Gasteiger partial charge in [-0.2, -0.15) is 0 Å². The Kier molecular flexibility index (Phi) is 3.58. The highest BCUT2D eigenvalue weighted by Gasteiger charge is 2.25. The van der Waals surface area contributed by atoms with Crippen LogP contribution in [0.2, 0.25) is 0 Å². The normalized spacial score (nSPS) is 15.2. The fourth-order valence-corrected chi connectivity index (χ4v) is 4.97. The summed E-state index contributed by atoms with van der Waals surface area (Å²) in [5, 5.41) is 5.88. The summed E-state index contributed by atoms with van der Waals surface area (Å²) < 4.78 is 1.84. The summed E-state index contributed by atoms with van der Waals surface area (Å²) in [4.78, 5) is 14.6. The Morgan fingerprint density at radius 1 is 1.23 bits per heavy atom. The number of hydrogen-bond acceptors (Lipinski definition) is 5. The highest BCUT2D eigenvalue weighted by Crippen LogP contribution is 2.36. The molecular weight excluding hydrogens is 342 g/mol. The van der Waals surface area contributed by atoms with E-state index >= 15 is 0 Å². The maximum absolute atomic E-state index is 4.89. The maximum Gasteiger partial charge on any atom is 0.182 e. The Hall–Kier alpha value is -2.31. The molecule has 0 saturated heterocycles. The second-order valence-corrected chi connectivity index (χ2v) is 8.40. The Morgan fingerprint density at radius 2 is 2.12 bits per heavy atom. The molecule has 0 bridgehead atoms. The molecule has 0 atom stereocenters. The predicted molar refractivity (Wildman–Crippen MR) is 106 cm³/mol. The van der Waals surface area contributed by atoms with Crippen LogP contribution in [0, 0.1) is 6.92 Å². The number of rotatable bonds is 2. The first-order chi connectivity index (χ1) is 12.6.